The number of carbonyl (C=O) groups is 1. The van der Waals surface area contributed by atoms with Gasteiger partial charge >= 0.3 is 0 Å². The fourth-order valence-electron chi connectivity index (χ4n) is 1.07. The van der Waals surface area contributed by atoms with Crippen molar-refractivity contribution >= 4 is 13.8 Å². The quantitative estimate of drug-likeness (QED) is 0.507. The molecule has 60 valence electrons. The number of amides is 1. The predicted octanol–water partition coefficient (Wildman–Crippen LogP) is -1.25. The average Bonchev–Trinajstić information content (AvgIpc) is 2.50. The van der Waals surface area contributed by atoms with E-state index in [0.29, 0.717) is 13.2 Å². The zero-order valence-corrected chi connectivity index (χ0v) is 6.19. The molecule has 1 aliphatic rings. The fourth-order valence-corrected chi connectivity index (χ4v) is 1.07. The first kappa shape index (κ1) is 8.55. The summed E-state index contributed by atoms with van der Waals surface area (Å²) in [4.78, 5) is 12.4. The number of nitrogens with zero attached hydrogens (tertiary/aromatic N) is 1. The van der Waals surface area contributed by atoms with Crippen molar-refractivity contribution in [2.45, 2.75) is 12.5 Å². The molecule has 11 heavy (non-hydrogen) atoms. The highest BCUT2D eigenvalue weighted by Crippen LogP contribution is 2.09. The molecule has 1 N–H and O–H groups in total. The van der Waals surface area contributed by atoms with Crippen molar-refractivity contribution in [2.75, 3.05) is 19.8 Å². The lowest BCUT2D eigenvalue weighted by molar-refractivity contribution is -0.135. The van der Waals surface area contributed by atoms with Crippen LogP contribution in [0.25, 0.3) is 0 Å². The minimum Gasteiger partial charge on any atom is -0.392 e. The summed E-state index contributed by atoms with van der Waals surface area (Å²) in [5.74, 6) is -0.179. The van der Waals surface area contributed by atoms with Crippen LogP contribution in [0.15, 0.2) is 0 Å². The summed E-state index contributed by atoms with van der Waals surface area (Å²) in [5, 5.41) is 8.72. The molecular weight excluding hydrogens is 145 g/mol. The molecule has 0 aliphatic carbocycles. The Morgan fingerprint density at radius 2 is 2.55 bits per heavy atom. The van der Waals surface area contributed by atoms with E-state index in [1.54, 1.807) is 0 Å². The van der Waals surface area contributed by atoms with Crippen LogP contribution in [-0.4, -0.2) is 49.7 Å². The van der Waals surface area contributed by atoms with Crippen LogP contribution in [-0.2, 0) is 9.53 Å². The van der Waals surface area contributed by atoms with Crippen LogP contribution >= 0.6 is 0 Å². The van der Waals surface area contributed by atoms with Gasteiger partial charge in [-0.25, -0.2) is 0 Å². The molecule has 0 aromatic carbocycles. The van der Waals surface area contributed by atoms with Gasteiger partial charge in [-0.1, -0.05) is 0 Å². The first-order valence-corrected chi connectivity index (χ1v) is 3.51. The Hall–Kier alpha value is -0.545. The molecule has 0 aromatic rings. The van der Waals surface area contributed by atoms with Crippen molar-refractivity contribution in [1.82, 2.24) is 4.90 Å². The second kappa shape index (κ2) is 3.73. The summed E-state index contributed by atoms with van der Waals surface area (Å²) in [6, 6.07) is 0. The summed E-state index contributed by atoms with van der Waals surface area (Å²) in [5.41, 5.74) is 0. The van der Waals surface area contributed by atoms with E-state index < -0.39 is 6.23 Å². The summed E-state index contributed by atoms with van der Waals surface area (Å²) in [6.07, 6.45) is -0.508. The third-order valence-corrected chi connectivity index (χ3v) is 1.64. The smallest absolute Gasteiger partial charge is 0.216 e. The molecule has 1 fully saturated rings. The molecular formula is C6H10BNO3. The molecule has 0 spiro atoms. The molecule has 1 rings (SSSR count). The van der Waals surface area contributed by atoms with Crippen LogP contribution in [0.2, 0.25) is 6.32 Å². The van der Waals surface area contributed by atoms with Gasteiger partial charge in [0, 0.05) is 6.54 Å². The highest BCUT2D eigenvalue weighted by Gasteiger charge is 2.27. The van der Waals surface area contributed by atoms with Gasteiger partial charge in [0.2, 0.25) is 5.91 Å². The SMILES string of the molecule is [B]CC(=O)N1CCOC1CO. The van der Waals surface area contributed by atoms with Gasteiger partial charge in [0.05, 0.1) is 21.1 Å². The van der Waals surface area contributed by atoms with Crippen molar-refractivity contribution < 1.29 is 14.6 Å². The second-order valence-electron chi connectivity index (χ2n) is 2.30. The highest BCUT2D eigenvalue weighted by atomic mass is 16.5. The summed E-state index contributed by atoms with van der Waals surface area (Å²) in [6.45, 7) is 0.851. The Kier molecular flexibility index (Phi) is 2.90. The van der Waals surface area contributed by atoms with Gasteiger partial charge in [0.1, 0.15) is 0 Å². The van der Waals surface area contributed by atoms with Gasteiger partial charge in [-0.15, -0.1) is 0 Å². The average molecular weight is 155 g/mol. The molecule has 5 heteroatoms. The van der Waals surface area contributed by atoms with E-state index in [9.17, 15) is 4.79 Å². The van der Waals surface area contributed by atoms with Crippen LogP contribution < -0.4 is 0 Å². The third kappa shape index (κ3) is 1.72. The standard InChI is InChI=1S/C6H10BNO3/c7-3-5(10)8-1-2-11-6(8)4-9/h6,9H,1-4H2. The first-order chi connectivity index (χ1) is 5.29. The Balaban J connectivity index is 2.49. The van der Waals surface area contributed by atoms with E-state index in [-0.39, 0.29) is 18.8 Å². The molecule has 1 saturated heterocycles. The van der Waals surface area contributed by atoms with Crippen LogP contribution in [0.3, 0.4) is 0 Å². The minimum atomic E-state index is -0.481. The molecule has 1 unspecified atom stereocenters. The number of rotatable bonds is 2. The molecule has 2 radical (unpaired) electrons. The van der Waals surface area contributed by atoms with Gasteiger partial charge in [-0.05, 0) is 6.32 Å². The number of hydrogen-bond donors (Lipinski definition) is 1. The largest absolute Gasteiger partial charge is 0.392 e. The first-order valence-electron chi connectivity index (χ1n) is 3.51. The number of aliphatic hydroxyl groups excluding tert-OH is 1. The van der Waals surface area contributed by atoms with E-state index in [2.05, 4.69) is 0 Å². The molecule has 0 bridgehead atoms. The Labute approximate surface area is 66.5 Å². The van der Waals surface area contributed by atoms with Crippen molar-refractivity contribution in [1.29, 1.82) is 0 Å². The van der Waals surface area contributed by atoms with Gasteiger partial charge in [0.15, 0.2) is 6.23 Å². The molecule has 1 amide bonds. The maximum absolute atomic E-state index is 11.0. The van der Waals surface area contributed by atoms with Crippen LogP contribution in [0.5, 0.6) is 0 Å². The summed E-state index contributed by atoms with van der Waals surface area (Å²) < 4.78 is 5.04. The van der Waals surface area contributed by atoms with Crippen molar-refractivity contribution in [3.05, 3.63) is 0 Å². The summed E-state index contributed by atoms with van der Waals surface area (Å²) >= 11 is 0. The van der Waals surface area contributed by atoms with Gasteiger partial charge in [-0.3, -0.25) is 4.79 Å². The predicted molar refractivity (Wildman–Crippen MR) is 39.1 cm³/mol. The molecule has 4 nitrogen and oxygen atoms in total. The molecule has 0 saturated carbocycles. The van der Waals surface area contributed by atoms with Gasteiger partial charge in [-0.2, -0.15) is 0 Å². The fraction of sp³-hybridized carbons (Fsp3) is 0.833. The second-order valence-corrected chi connectivity index (χ2v) is 2.30. The van der Waals surface area contributed by atoms with Crippen LogP contribution in [0.1, 0.15) is 0 Å². The number of ether oxygens (including phenoxy) is 1. The minimum absolute atomic E-state index is 0.0279. The lowest BCUT2D eigenvalue weighted by Crippen LogP contribution is -2.37. The maximum atomic E-state index is 11.0. The number of hydrogen-bond acceptors (Lipinski definition) is 3. The van der Waals surface area contributed by atoms with E-state index >= 15 is 0 Å². The van der Waals surface area contributed by atoms with Gasteiger partial charge in [0.25, 0.3) is 0 Å². The van der Waals surface area contributed by atoms with Crippen molar-refractivity contribution in [3.8, 4) is 0 Å². The zero-order chi connectivity index (χ0) is 8.27. The van der Waals surface area contributed by atoms with E-state index in [4.69, 9.17) is 17.7 Å². The van der Waals surface area contributed by atoms with Crippen molar-refractivity contribution in [2.24, 2.45) is 0 Å². The summed E-state index contributed by atoms with van der Waals surface area (Å²) in [7, 11) is 5.14. The van der Waals surface area contributed by atoms with E-state index in [0.717, 1.165) is 0 Å². The molecule has 1 heterocycles. The van der Waals surface area contributed by atoms with Crippen LogP contribution in [0, 0.1) is 0 Å². The lowest BCUT2D eigenvalue weighted by Gasteiger charge is -2.20. The highest BCUT2D eigenvalue weighted by molar-refractivity contribution is 6.19. The van der Waals surface area contributed by atoms with Crippen LogP contribution in [0.4, 0.5) is 0 Å². The third-order valence-electron chi connectivity index (χ3n) is 1.64. The number of aliphatic hydroxyl groups is 1. The normalized spacial score (nSPS) is 24.1. The van der Waals surface area contributed by atoms with Crippen molar-refractivity contribution in [3.63, 3.8) is 0 Å². The topological polar surface area (TPSA) is 49.8 Å². The Morgan fingerprint density at radius 3 is 3.09 bits per heavy atom. The zero-order valence-electron chi connectivity index (χ0n) is 6.19. The maximum Gasteiger partial charge on any atom is 0.216 e. The van der Waals surface area contributed by atoms with E-state index in [1.807, 2.05) is 0 Å². The van der Waals surface area contributed by atoms with E-state index in [1.165, 1.54) is 4.90 Å². The molecule has 0 aromatic heterocycles. The Morgan fingerprint density at radius 1 is 1.82 bits per heavy atom. The lowest BCUT2D eigenvalue weighted by atomic mass is 10.0. The monoisotopic (exact) mass is 155 g/mol. The van der Waals surface area contributed by atoms with Gasteiger partial charge < -0.3 is 14.7 Å². The molecule has 1 aliphatic heterocycles. The Bertz CT molecular complexity index is 153. The number of carbonyl (C=O) groups excluding carboxylic acids is 1. The molecule has 1 atom stereocenters.